The van der Waals surface area contributed by atoms with Gasteiger partial charge in [-0.1, -0.05) is 18.2 Å². The van der Waals surface area contributed by atoms with Gasteiger partial charge in [0, 0.05) is 42.9 Å². The van der Waals surface area contributed by atoms with E-state index in [0.29, 0.717) is 5.92 Å². The van der Waals surface area contributed by atoms with Crippen molar-refractivity contribution in [2.45, 2.75) is 25.2 Å². The summed E-state index contributed by atoms with van der Waals surface area (Å²) in [4.78, 5) is 13.3. The Hall–Kier alpha value is -2.49. The van der Waals surface area contributed by atoms with Gasteiger partial charge in [0.2, 0.25) is 5.89 Å². The maximum Gasteiger partial charge on any atom is 0.226 e. The highest BCUT2D eigenvalue weighted by Crippen LogP contribution is 2.33. The van der Waals surface area contributed by atoms with Gasteiger partial charge in [0.05, 0.1) is 11.4 Å². The van der Waals surface area contributed by atoms with E-state index in [4.69, 9.17) is 4.42 Å². The molecule has 0 radical (unpaired) electrons. The van der Waals surface area contributed by atoms with Gasteiger partial charge in [0.25, 0.3) is 0 Å². The van der Waals surface area contributed by atoms with E-state index < -0.39 is 0 Å². The number of hydrogen-bond donors (Lipinski definition) is 0. The van der Waals surface area contributed by atoms with Gasteiger partial charge in [0.15, 0.2) is 0 Å². The molecule has 2 heterocycles. The lowest BCUT2D eigenvalue weighted by molar-refractivity contribution is 0.461. The summed E-state index contributed by atoms with van der Waals surface area (Å²) in [6.45, 7) is 0. The van der Waals surface area contributed by atoms with Gasteiger partial charge in [-0.25, -0.2) is 4.98 Å². The zero-order valence-corrected chi connectivity index (χ0v) is 11.6. The average molecular weight is 277 g/mol. The van der Waals surface area contributed by atoms with Crippen LogP contribution in [0, 0.1) is 0 Å². The monoisotopic (exact) mass is 277 g/mol. The van der Waals surface area contributed by atoms with E-state index in [0.717, 1.165) is 47.9 Å². The lowest BCUT2D eigenvalue weighted by Gasteiger charge is -2.18. The zero-order valence-electron chi connectivity index (χ0n) is 11.6. The third-order valence-corrected chi connectivity index (χ3v) is 3.96. The Balaban J connectivity index is 1.63. The van der Waals surface area contributed by atoms with Crippen molar-refractivity contribution in [2.24, 2.45) is 0 Å². The van der Waals surface area contributed by atoms with E-state index in [2.05, 4.69) is 15.0 Å². The molecule has 3 aromatic rings. The van der Waals surface area contributed by atoms with E-state index >= 15 is 0 Å². The predicted molar refractivity (Wildman–Crippen MR) is 78.7 cm³/mol. The minimum Gasteiger partial charge on any atom is -0.441 e. The molecule has 0 saturated heterocycles. The lowest BCUT2D eigenvalue weighted by atomic mass is 9.88. The maximum atomic E-state index is 5.93. The quantitative estimate of drug-likeness (QED) is 0.720. The standard InChI is InChI=1S/C17H15N3O/c1-2-4-12(5-3-1)17-20-14-10-13(6-7-16(14)21-17)15-11-18-8-9-19-15/h1-5,8-9,11,13H,6-7,10H2. The summed E-state index contributed by atoms with van der Waals surface area (Å²) in [6.07, 6.45) is 8.15. The number of rotatable bonds is 2. The molecule has 0 amide bonds. The molecule has 0 aliphatic heterocycles. The van der Waals surface area contributed by atoms with Gasteiger partial charge >= 0.3 is 0 Å². The highest BCUT2D eigenvalue weighted by Gasteiger charge is 2.26. The van der Waals surface area contributed by atoms with Crippen LogP contribution in [0.25, 0.3) is 11.5 Å². The maximum absolute atomic E-state index is 5.93. The number of benzene rings is 1. The summed E-state index contributed by atoms with van der Waals surface area (Å²) in [5.41, 5.74) is 3.14. The van der Waals surface area contributed by atoms with Gasteiger partial charge in [-0.3, -0.25) is 9.97 Å². The highest BCUT2D eigenvalue weighted by molar-refractivity contribution is 5.53. The van der Waals surface area contributed by atoms with E-state index in [1.54, 1.807) is 12.4 Å². The fourth-order valence-corrected chi connectivity index (χ4v) is 2.86. The Morgan fingerprint density at radius 2 is 2.00 bits per heavy atom. The minimum atomic E-state index is 0.389. The lowest BCUT2D eigenvalue weighted by Crippen LogP contribution is -2.13. The Morgan fingerprint density at radius 3 is 2.81 bits per heavy atom. The molecular formula is C17H15N3O. The molecular weight excluding hydrogens is 262 g/mol. The number of oxazole rings is 1. The molecule has 4 rings (SSSR count). The second kappa shape index (κ2) is 5.13. The Bertz CT molecular complexity index is 737. The third kappa shape index (κ3) is 2.33. The molecule has 0 bridgehead atoms. The second-order valence-electron chi connectivity index (χ2n) is 5.32. The first-order chi connectivity index (χ1) is 10.4. The highest BCUT2D eigenvalue weighted by atomic mass is 16.4. The topological polar surface area (TPSA) is 51.8 Å². The van der Waals surface area contributed by atoms with Crippen LogP contribution in [0.15, 0.2) is 53.3 Å². The van der Waals surface area contributed by atoms with Crippen LogP contribution in [0.5, 0.6) is 0 Å². The Morgan fingerprint density at radius 1 is 1.10 bits per heavy atom. The van der Waals surface area contributed by atoms with Crippen molar-refractivity contribution in [3.05, 3.63) is 66.1 Å². The molecule has 21 heavy (non-hydrogen) atoms. The van der Waals surface area contributed by atoms with E-state index in [-0.39, 0.29) is 0 Å². The predicted octanol–water partition coefficient (Wildman–Crippen LogP) is 3.40. The normalized spacial score (nSPS) is 17.4. The third-order valence-electron chi connectivity index (χ3n) is 3.96. The van der Waals surface area contributed by atoms with Crippen LogP contribution in [-0.4, -0.2) is 15.0 Å². The molecule has 1 atom stereocenters. The summed E-state index contributed by atoms with van der Waals surface area (Å²) < 4.78 is 5.93. The van der Waals surface area contributed by atoms with E-state index in [1.807, 2.05) is 36.5 Å². The smallest absolute Gasteiger partial charge is 0.226 e. The van der Waals surface area contributed by atoms with Crippen LogP contribution < -0.4 is 0 Å². The van der Waals surface area contributed by atoms with Gasteiger partial charge < -0.3 is 4.42 Å². The number of nitrogens with zero attached hydrogens (tertiary/aromatic N) is 3. The van der Waals surface area contributed by atoms with Gasteiger partial charge in [-0.2, -0.15) is 0 Å². The molecule has 0 spiro atoms. The number of hydrogen-bond acceptors (Lipinski definition) is 4. The second-order valence-corrected chi connectivity index (χ2v) is 5.32. The van der Waals surface area contributed by atoms with Crippen molar-refractivity contribution in [3.8, 4) is 11.5 Å². The summed E-state index contributed by atoms with van der Waals surface area (Å²) in [7, 11) is 0. The van der Waals surface area contributed by atoms with Crippen LogP contribution in [0.4, 0.5) is 0 Å². The van der Waals surface area contributed by atoms with E-state index in [1.165, 1.54) is 0 Å². The minimum absolute atomic E-state index is 0.389. The Labute approximate surface area is 122 Å². The van der Waals surface area contributed by atoms with Crippen LogP contribution in [0.1, 0.15) is 29.5 Å². The first kappa shape index (κ1) is 12.3. The van der Waals surface area contributed by atoms with Gasteiger partial charge in [-0.15, -0.1) is 0 Å². The van der Waals surface area contributed by atoms with Crippen LogP contribution >= 0.6 is 0 Å². The molecule has 1 aliphatic carbocycles. The fourth-order valence-electron chi connectivity index (χ4n) is 2.86. The first-order valence-electron chi connectivity index (χ1n) is 7.20. The van der Waals surface area contributed by atoms with Crippen molar-refractivity contribution in [1.29, 1.82) is 0 Å². The van der Waals surface area contributed by atoms with E-state index in [9.17, 15) is 0 Å². The van der Waals surface area contributed by atoms with Crippen molar-refractivity contribution in [3.63, 3.8) is 0 Å². The summed E-state index contributed by atoms with van der Waals surface area (Å²) in [6, 6.07) is 10.0. The molecule has 0 fully saturated rings. The fraction of sp³-hybridized carbons (Fsp3) is 0.235. The number of aromatic nitrogens is 3. The molecule has 104 valence electrons. The number of fused-ring (bicyclic) bond motifs is 1. The molecule has 1 unspecified atom stereocenters. The molecule has 2 aromatic heterocycles. The van der Waals surface area contributed by atoms with Gasteiger partial charge in [0.1, 0.15) is 5.76 Å². The molecule has 4 heteroatoms. The van der Waals surface area contributed by atoms with Crippen molar-refractivity contribution in [1.82, 2.24) is 15.0 Å². The van der Waals surface area contributed by atoms with Crippen molar-refractivity contribution < 1.29 is 4.42 Å². The van der Waals surface area contributed by atoms with Crippen molar-refractivity contribution in [2.75, 3.05) is 0 Å². The molecule has 1 aliphatic rings. The number of aryl methyl sites for hydroxylation is 1. The van der Waals surface area contributed by atoms with Crippen LogP contribution in [-0.2, 0) is 12.8 Å². The van der Waals surface area contributed by atoms with Gasteiger partial charge in [-0.05, 0) is 18.6 Å². The van der Waals surface area contributed by atoms with Crippen molar-refractivity contribution >= 4 is 0 Å². The first-order valence-corrected chi connectivity index (χ1v) is 7.20. The molecule has 0 saturated carbocycles. The molecule has 4 nitrogen and oxygen atoms in total. The molecule has 1 aromatic carbocycles. The Kier molecular flexibility index (Phi) is 2.99. The van der Waals surface area contributed by atoms with Crippen LogP contribution in [0.2, 0.25) is 0 Å². The summed E-state index contributed by atoms with van der Waals surface area (Å²) in [5, 5.41) is 0. The summed E-state index contributed by atoms with van der Waals surface area (Å²) in [5.74, 6) is 2.13. The molecule has 0 N–H and O–H groups in total. The zero-order chi connectivity index (χ0) is 14.1. The average Bonchev–Trinajstić information content (AvgIpc) is 2.99. The largest absolute Gasteiger partial charge is 0.441 e. The summed E-state index contributed by atoms with van der Waals surface area (Å²) >= 11 is 0. The SMILES string of the molecule is c1ccc(-c2nc3c(o2)CCC(c2cnccn2)C3)cc1. The van der Waals surface area contributed by atoms with Crippen LogP contribution in [0.3, 0.4) is 0 Å².